The Hall–Kier alpha value is -3.36. The van der Waals surface area contributed by atoms with Crippen LogP contribution in [0.5, 0.6) is 11.5 Å². The molecule has 1 aliphatic rings. The number of nitrogens with zero attached hydrogens (tertiary/aromatic N) is 3. The highest BCUT2D eigenvalue weighted by Crippen LogP contribution is 2.28. The standard InChI is InChI=1S/C26H27ClN4O3S/c1-5-30-13-19(12-28-30)14-31-25(32)22(29-26(31)35)11-18-6-7-23(33-4)20(10-18)15-34-21-8-16(2)24(27)17(3)9-21/h6-13H,5,14-15H2,1-4H3,(H,29,35)/b22-11+. The Labute approximate surface area is 215 Å². The fourth-order valence-electron chi connectivity index (χ4n) is 3.88. The third-order valence-electron chi connectivity index (χ3n) is 5.73. The zero-order chi connectivity index (χ0) is 25.1. The number of rotatable bonds is 8. The van der Waals surface area contributed by atoms with E-state index >= 15 is 0 Å². The Morgan fingerprint density at radius 1 is 1.20 bits per heavy atom. The molecule has 0 bridgehead atoms. The molecule has 0 aliphatic carbocycles. The van der Waals surface area contributed by atoms with Crippen molar-refractivity contribution in [2.24, 2.45) is 0 Å². The average molecular weight is 511 g/mol. The lowest BCUT2D eigenvalue weighted by atomic mass is 10.1. The van der Waals surface area contributed by atoms with Gasteiger partial charge in [-0.3, -0.25) is 14.4 Å². The summed E-state index contributed by atoms with van der Waals surface area (Å²) < 4.78 is 13.4. The van der Waals surface area contributed by atoms with Gasteiger partial charge in [-0.15, -0.1) is 0 Å². The summed E-state index contributed by atoms with van der Waals surface area (Å²) in [7, 11) is 1.62. The van der Waals surface area contributed by atoms with Crippen molar-refractivity contribution in [3.63, 3.8) is 0 Å². The van der Waals surface area contributed by atoms with Crippen molar-refractivity contribution in [3.8, 4) is 11.5 Å². The fraction of sp³-hybridized carbons (Fsp3) is 0.269. The minimum atomic E-state index is -0.181. The Bertz CT molecular complexity index is 1290. The topological polar surface area (TPSA) is 68.6 Å². The minimum Gasteiger partial charge on any atom is -0.496 e. The van der Waals surface area contributed by atoms with Gasteiger partial charge in [-0.05, 0) is 80.0 Å². The van der Waals surface area contributed by atoms with Crippen LogP contribution in [0.25, 0.3) is 6.08 Å². The summed E-state index contributed by atoms with van der Waals surface area (Å²) in [5.74, 6) is 1.25. The first-order valence-corrected chi connectivity index (χ1v) is 12.0. The molecule has 35 heavy (non-hydrogen) atoms. The van der Waals surface area contributed by atoms with Gasteiger partial charge in [0.15, 0.2) is 5.11 Å². The van der Waals surface area contributed by atoms with Crippen LogP contribution in [-0.2, 0) is 24.5 Å². The molecule has 1 amide bonds. The van der Waals surface area contributed by atoms with E-state index in [-0.39, 0.29) is 5.91 Å². The van der Waals surface area contributed by atoms with Crippen LogP contribution in [0.3, 0.4) is 0 Å². The molecular weight excluding hydrogens is 484 g/mol. The van der Waals surface area contributed by atoms with Crippen LogP contribution in [-0.4, -0.2) is 32.8 Å². The van der Waals surface area contributed by atoms with Crippen LogP contribution in [0.15, 0.2) is 48.4 Å². The molecule has 0 spiro atoms. The van der Waals surface area contributed by atoms with Crippen molar-refractivity contribution in [1.29, 1.82) is 0 Å². The number of carbonyl (C=O) groups excluding carboxylic acids is 1. The van der Waals surface area contributed by atoms with Crippen molar-refractivity contribution in [3.05, 3.63) is 81.3 Å². The summed E-state index contributed by atoms with van der Waals surface area (Å²) in [6.07, 6.45) is 5.45. The van der Waals surface area contributed by atoms with Gasteiger partial charge >= 0.3 is 0 Å². The molecular formula is C26H27ClN4O3S. The highest BCUT2D eigenvalue weighted by atomic mass is 35.5. The third-order valence-corrected chi connectivity index (χ3v) is 6.65. The monoisotopic (exact) mass is 510 g/mol. The second kappa shape index (κ2) is 10.5. The second-order valence-corrected chi connectivity index (χ2v) is 9.08. The lowest BCUT2D eigenvalue weighted by Gasteiger charge is -2.13. The first-order chi connectivity index (χ1) is 16.8. The molecule has 1 N–H and O–H groups in total. The van der Waals surface area contributed by atoms with Crippen LogP contribution in [0.2, 0.25) is 5.02 Å². The molecule has 1 saturated heterocycles. The lowest BCUT2D eigenvalue weighted by molar-refractivity contribution is -0.122. The number of aromatic nitrogens is 2. The van der Waals surface area contributed by atoms with E-state index in [9.17, 15) is 4.79 Å². The van der Waals surface area contributed by atoms with E-state index in [2.05, 4.69) is 10.4 Å². The van der Waals surface area contributed by atoms with Gasteiger partial charge in [0.25, 0.3) is 5.91 Å². The van der Waals surface area contributed by atoms with Crippen LogP contribution < -0.4 is 14.8 Å². The number of nitrogens with one attached hydrogen (secondary N) is 1. The van der Waals surface area contributed by atoms with Crippen molar-refractivity contribution in [2.45, 2.75) is 40.5 Å². The average Bonchev–Trinajstić information content (AvgIpc) is 3.41. The van der Waals surface area contributed by atoms with Crippen LogP contribution in [0.4, 0.5) is 0 Å². The molecule has 4 rings (SSSR count). The van der Waals surface area contributed by atoms with E-state index in [1.807, 2.05) is 62.0 Å². The maximum Gasteiger partial charge on any atom is 0.276 e. The number of hydrogen-bond acceptors (Lipinski definition) is 5. The fourth-order valence-corrected chi connectivity index (χ4v) is 4.24. The number of amides is 1. The summed E-state index contributed by atoms with van der Waals surface area (Å²) in [6, 6.07) is 9.51. The molecule has 9 heteroatoms. The Balaban J connectivity index is 1.52. The van der Waals surface area contributed by atoms with Gasteiger partial charge in [0, 0.05) is 28.9 Å². The largest absolute Gasteiger partial charge is 0.496 e. The summed E-state index contributed by atoms with van der Waals surface area (Å²) in [6.45, 7) is 7.34. The van der Waals surface area contributed by atoms with E-state index in [0.29, 0.717) is 29.7 Å². The maximum absolute atomic E-state index is 13.0. The Morgan fingerprint density at radius 3 is 2.60 bits per heavy atom. The van der Waals surface area contributed by atoms with Gasteiger partial charge in [0.1, 0.15) is 23.8 Å². The highest BCUT2D eigenvalue weighted by molar-refractivity contribution is 7.80. The van der Waals surface area contributed by atoms with Gasteiger partial charge in [0.05, 0.1) is 19.9 Å². The van der Waals surface area contributed by atoms with Gasteiger partial charge in [-0.1, -0.05) is 17.7 Å². The number of halogens is 1. The van der Waals surface area contributed by atoms with Crippen molar-refractivity contribution in [1.82, 2.24) is 20.0 Å². The van der Waals surface area contributed by atoms with E-state index in [4.69, 9.17) is 33.3 Å². The normalized spacial score (nSPS) is 14.5. The molecule has 1 fully saturated rings. The second-order valence-electron chi connectivity index (χ2n) is 8.31. The van der Waals surface area contributed by atoms with Crippen molar-refractivity contribution in [2.75, 3.05) is 7.11 Å². The van der Waals surface area contributed by atoms with Crippen molar-refractivity contribution < 1.29 is 14.3 Å². The van der Waals surface area contributed by atoms with Crippen molar-refractivity contribution >= 4 is 40.9 Å². The maximum atomic E-state index is 13.0. The molecule has 182 valence electrons. The number of methoxy groups -OCH3 is 1. The number of benzene rings is 2. The van der Waals surface area contributed by atoms with Crippen LogP contribution >= 0.6 is 23.8 Å². The predicted octanol–water partition coefficient (Wildman–Crippen LogP) is 5.02. The SMILES string of the molecule is CCn1cc(CN2C(=O)/C(=C\c3ccc(OC)c(COc4cc(C)c(Cl)c(C)c4)c3)NC2=S)cn1. The number of hydrogen-bond donors (Lipinski definition) is 1. The van der Waals surface area contributed by atoms with Gasteiger partial charge in [-0.2, -0.15) is 5.10 Å². The molecule has 0 unspecified atom stereocenters. The summed E-state index contributed by atoms with van der Waals surface area (Å²) in [5.41, 5.74) is 4.93. The Kier molecular flexibility index (Phi) is 7.42. The first-order valence-electron chi connectivity index (χ1n) is 11.2. The molecule has 1 aromatic heterocycles. The highest BCUT2D eigenvalue weighted by Gasteiger charge is 2.31. The molecule has 0 atom stereocenters. The smallest absolute Gasteiger partial charge is 0.276 e. The van der Waals surface area contributed by atoms with Gasteiger partial charge < -0.3 is 14.8 Å². The number of thiocarbonyl (C=S) groups is 1. The quantitative estimate of drug-likeness (QED) is 0.339. The molecule has 0 saturated carbocycles. The van der Waals surface area contributed by atoms with E-state index < -0.39 is 0 Å². The minimum absolute atomic E-state index is 0.181. The van der Waals surface area contributed by atoms with Gasteiger partial charge in [0.2, 0.25) is 0 Å². The predicted molar refractivity (Wildman–Crippen MR) is 140 cm³/mol. The third kappa shape index (κ3) is 5.49. The molecule has 2 heterocycles. The van der Waals surface area contributed by atoms with Gasteiger partial charge in [-0.25, -0.2) is 0 Å². The van der Waals surface area contributed by atoms with E-state index in [1.165, 1.54) is 4.90 Å². The Morgan fingerprint density at radius 2 is 1.94 bits per heavy atom. The molecule has 7 nitrogen and oxygen atoms in total. The summed E-state index contributed by atoms with van der Waals surface area (Å²) in [4.78, 5) is 14.6. The van der Waals surface area contributed by atoms with Crippen LogP contribution in [0.1, 0.15) is 34.7 Å². The molecule has 1 aliphatic heterocycles. The lowest BCUT2D eigenvalue weighted by Crippen LogP contribution is -2.29. The zero-order valence-electron chi connectivity index (χ0n) is 20.1. The van der Waals surface area contributed by atoms with E-state index in [0.717, 1.165) is 45.1 Å². The summed E-state index contributed by atoms with van der Waals surface area (Å²) in [5, 5.41) is 8.41. The molecule has 3 aromatic rings. The number of ether oxygens (including phenoxy) is 2. The van der Waals surface area contributed by atoms with E-state index in [1.54, 1.807) is 19.4 Å². The number of carbonyl (C=O) groups is 1. The van der Waals surface area contributed by atoms with Crippen LogP contribution in [0, 0.1) is 13.8 Å². The zero-order valence-corrected chi connectivity index (χ0v) is 21.7. The molecule has 0 radical (unpaired) electrons. The molecule has 2 aromatic carbocycles. The first kappa shape index (κ1) is 24.8. The number of aryl methyl sites for hydroxylation is 3. The summed E-state index contributed by atoms with van der Waals surface area (Å²) >= 11 is 11.7.